The van der Waals surface area contributed by atoms with Crippen LogP contribution in [-0.4, -0.2) is 37.4 Å². The minimum atomic E-state index is -1.24. The highest BCUT2D eigenvalue weighted by atomic mass is 19.1. The normalized spacial score (nSPS) is 18.9. The lowest BCUT2D eigenvalue weighted by molar-refractivity contribution is -0.256. The Balaban J connectivity index is 1.65. The Hall–Kier alpha value is -2.67. The number of carboxylic acid groups (broad SMARTS) is 1. The zero-order chi connectivity index (χ0) is 20.3. The minimum Gasteiger partial charge on any atom is -0.526 e. The molecule has 7 heteroatoms. The zero-order valence-electron chi connectivity index (χ0n) is 16.5. The maximum absolute atomic E-state index is 13.3. The van der Waals surface area contributed by atoms with Crippen molar-refractivity contribution in [2.45, 2.75) is 38.1 Å². The summed E-state index contributed by atoms with van der Waals surface area (Å²) in [4.78, 5) is 17.7. The molecule has 0 saturated carbocycles. The molecule has 2 aliphatic heterocycles. The van der Waals surface area contributed by atoms with Gasteiger partial charge in [0.1, 0.15) is 13.1 Å². The van der Waals surface area contributed by atoms with Crippen molar-refractivity contribution in [3.8, 4) is 0 Å². The van der Waals surface area contributed by atoms with Crippen LogP contribution < -0.4 is 20.0 Å². The molecular weight excluding hydrogens is 371 g/mol. The molecule has 2 aliphatic rings. The van der Waals surface area contributed by atoms with Crippen LogP contribution in [0.3, 0.4) is 0 Å². The first-order valence-electron chi connectivity index (χ1n) is 10.4. The second kappa shape index (κ2) is 8.37. The first-order chi connectivity index (χ1) is 14.1. The van der Waals surface area contributed by atoms with E-state index in [0.717, 1.165) is 62.3 Å². The summed E-state index contributed by atoms with van der Waals surface area (Å²) in [6, 6.07) is 10.1. The Morgan fingerprint density at radius 1 is 1.21 bits per heavy atom. The number of benzene rings is 1. The second-order valence-corrected chi connectivity index (χ2v) is 7.91. The van der Waals surface area contributed by atoms with E-state index in [1.54, 1.807) is 12.4 Å². The van der Waals surface area contributed by atoms with E-state index in [1.165, 1.54) is 5.56 Å². The van der Waals surface area contributed by atoms with Crippen molar-refractivity contribution in [3.05, 3.63) is 53.9 Å². The Labute approximate surface area is 170 Å². The summed E-state index contributed by atoms with van der Waals surface area (Å²) >= 11 is 0. The van der Waals surface area contributed by atoms with Gasteiger partial charge < -0.3 is 14.8 Å². The average molecular weight is 398 g/mol. The van der Waals surface area contributed by atoms with E-state index in [2.05, 4.69) is 27.4 Å². The van der Waals surface area contributed by atoms with E-state index < -0.39 is 6.09 Å². The summed E-state index contributed by atoms with van der Waals surface area (Å²) in [6.45, 7) is 1.90. The summed E-state index contributed by atoms with van der Waals surface area (Å²) in [6.07, 6.45) is 6.61. The van der Waals surface area contributed by atoms with Crippen LogP contribution in [0.1, 0.15) is 42.9 Å². The number of hydrogen-bond acceptors (Lipinski definition) is 4. The van der Waals surface area contributed by atoms with Crippen LogP contribution in [0.5, 0.6) is 0 Å². The van der Waals surface area contributed by atoms with Crippen LogP contribution in [0.15, 0.2) is 42.7 Å². The van der Waals surface area contributed by atoms with E-state index in [0.29, 0.717) is 6.42 Å². The Morgan fingerprint density at radius 2 is 1.97 bits per heavy atom. The zero-order valence-corrected chi connectivity index (χ0v) is 16.5. The summed E-state index contributed by atoms with van der Waals surface area (Å²) in [5.41, 5.74) is 6.97. The maximum atomic E-state index is 13.3. The van der Waals surface area contributed by atoms with Gasteiger partial charge in [-0.25, -0.2) is 5.43 Å². The van der Waals surface area contributed by atoms with E-state index in [-0.39, 0.29) is 17.3 Å². The van der Waals surface area contributed by atoms with Gasteiger partial charge in [-0.2, -0.15) is 4.59 Å². The molecule has 1 atom stereocenters. The van der Waals surface area contributed by atoms with Crippen molar-refractivity contribution in [3.63, 3.8) is 0 Å². The quantitative estimate of drug-likeness (QED) is 0.760. The smallest absolute Gasteiger partial charge is 0.185 e. The van der Waals surface area contributed by atoms with Crippen LogP contribution in [0, 0.1) is 0 Å². The van der Waals surface area contributed by atoms with Crippen molar-refractivity contribution >= 4 is 17.5 Å². The van der Waals surface area contributed by atoms with E-state index in [9.17, 15) is 14.3 Å². The molecule has 1 N–H and O–H groups in total. The first-order valence-corrected chi connectivity index (χ1v) is 10.4. The van der Waals surface area contributed by atoms with Crippen LogP contribution in [0.4, 0.5) is 20.6 Å². The lowest BCUT2D eigenvalue weighted by Crippen LogP contribution is -2.66. The molecule has 1 aromatic heterocycles. The molecule has 1 unspecified atom stereocenters. The third-order valence-electron chi connectivity index (χ3n) is 6.22. The van der Waals surface area contributed by atoms with Gasteiger partial charge in [0.25, 0.3) is 0 Å². The Morgan fingerprint density at radius 3 is 2.66 bits per heavy atom. The molecule has 154 valence electrons. The molecule has 0 aliphatic carbocycles. The van der Waals surface area contributed by atoms with Crippen molar-refractivity contribution in [1.29, 1.82) is 0 Å². The molecule has 1 amide bonds. The minimum absolute atomic E-state index is 0.0328. The predicted octanol–water partition coefficient (Wildman–Crippen LogP) is 2.88. The largest absolute Gasteiger partial charge is 0.526 e. The monoisotopic (exact) mass is 398 g/mol. The number of carbonyl (C=O) groups is 1. The highest BCUT2D eigenvalue weighted by Gasteiger charge is 2.35. The SMILES string of the molecule is O=C([O-])N[N+]1(c2ccc3c(c2)CCN3C(CCF)c2ccncc2)CCCCC1. The van der Waals surface area contributed by atoms with Crippen molar-refractivity contribution in [1.82, 2.24) is 15.0 Å². The average Bonchev–Trinajstić information content (AvgIpc) is 3.16. The van der Waals surface area contributed by atoms with Crippen molar-refractivity contribution in [2.75, 3.05) is 31.2 Å². The molecule has 0 bridgehead atoms. The summed E-state index contributed by atoms with van der Waals surface area (Å²) < 4.78 is 13.6. The van der Waals surface area contributed by atoms with Crippen LogP contribution in [-0.2, 0) is 6.42 Å². The molecule has 1 saturated heterocycles. The third kappa shape index (κ3) is 3.92. The number of halogens is 1. The number of fused-ring (bicyclic) bond motifs is 1. The number of amides is 1. The number of carbonyl (C=O) groups excluding carboxylic acids is 1. The summed E-state index contributed by atoms with van der Waals surface area (Å²) in [7, 11) is 0. The lowest BCUT2D eigenvalue weighted by Gasteiger charge is -2.41. The summed E-state index contributed by atoms with van der Waals surface area (Å²) in [5.74, 6) is 0. The molecule has 0 radical (unpaired) electrons. The predicted molar refractivity (Wildman–Crippen MR) is 109 cm³/mol. The highest BCUT2D eigenvalue weighted by Crippen LogP contribution is 2.40. The number of quaternary nitrogens is 1. The van der Waals surface area contributed by atoms with E-state index >= 15 is 0 Å². The third-order valence-corrected chi connectivity index (χ3v) is 6.22. The fourth-order valence-electron chi connectivity index (χ4n) is 4.86. The van der Waals surface area contributed by atoms with Gasteiger partial charge in [0.05, 0.1) is 12.7 Å². The number of pyridine rings is 1. The molecule has 29 heavy (non-hydrogen) atoms. The van der Waals surface area contributed by atoms with Gasteiger partial charge in [-0.3, -0.25) is 9.37 Å². The molecule has 4 rings (SSSR count). The first kappa shape index (κ1) is 19.6. The number of piperidine rings is 1. The van der Waals surface area contributed by atoms with Crippen molar-refractivity contribution in [2.24, 2.45) is 0 Å². The molecule has 0 spiro atoms. The number of nitrogens with zero attached hydrogens (tertiary/aromatic N) is 3. The lowest BCUT2D eigenvalue weighted by atomic mass is 10.0. The standard InChI is InChI=1S/C22H27FN4O2/c23-10-6-21(17-7-11-24-12-8-17)26-13-9-18-16-19(4-5-20(18)26)27(25-22(28)29)14-2-1-3-15-27/h4-5,7-8,11-12,16,21,25H,1-3,6,9-10,13-15H2. The molecular formula is C22H27FN4O2. The number of anilines is 1. The van der Waals surface area contributed by atoms with Crippen molar-refractivity contribution < 1.29 is 14.3 Å². The van der Waals surface area contributed by atoms with Gasteiger partial charge in [0.2, 0.25) is 0 Å². The van der Waals surface area contributed by atoms with Crippen LogP contribution in [0.25, 0.3) is 0 Å². The number of rotatable bonds is 6. The highest BCUT2D eigenvalue weighted by molar-refractivity contribution is 5.68. The van der Waals surface area contributed by atoms with Gasteiger partial charge >= 0.3 is 0 Å². The summed E-state index contributed by atoms with van der Waals surface area (Å²) in [5, 5.41) is 11.4. The number of aromatic nitrogens is 1. The fraction of sp³-hybridized carbons (Fsp3) is 0.455. The van der Waals surface area contributed by atoms with Crippen LogP contribution in [0.2, 0.25) is 0 Å². The fourth-order valence-corrected chi connectivity index (χ4v) is 4.86. The van der Waals surface area contributed by atoms with Gasteiger partial charge in [0.15, 0.2) is 11.8 Å². The molecule has 2 aromatic rings. The second-order valence-electron chi connectivity index (χ2n) is 7.91. The van der Waals surface area contributed by atoms with Crippen LogP contribution >= 0.6 is 0 Å². The van der Waals surface area contributed by atoms with E-state index in [1.807, 2.05) is 18.2 Å². The number of alkyl halides is 1. The maximum Gasteiger partial charge on any atom is 0.185 e. The topological polar surface area (TPSA) is 68.3 Å². The van der Waals surface area contributed by atoms with E-state index in [4.69, 9.17) is 0 Å². The number of hydrogen-bond donors (Lipinski definition) is 1. The van der Waals surface area contributed by atoms with Gasteiger partial charge in [-0.05, 0) is 55.0 Å². The van der Waals surface area contributed by atoms with Gasteiger partial charge in [-0.15, -0.1) is 0 Å². The Kier molecular flexibility index (Phi) is 5.67. The Bertz CT molecular complexity index is 855. The molecule has 1 fully saturated rings. The number of nitrogens with one attached hydrogen (secondary N) is 1. The molecule has 3 heterocycles. The van der Waals surface area contributed by atoms with Gasteiger partial charge in [0, 0.05) is 43.2 Å². The van der Waals surface area contributed by atoms with Gasteiger partial charge in [-0.1, -0.05) is 0 Å². The molecule has 6 nitrogen and oxygen atoms in total. The molecule has 1 aromatic carbocycles.